The van der Waals surface area contributed by atoms with E-state index in [1.54, 1.807) is 20.8 Å². The summed E-state index contributed by atoms with van der Waals surface area (Å²) in [4.78, 5) is 24.2. The van der Waals surface area contributed by atoms with Crippen LogP contribution in [0.5, 0.6) is 0 Å². The quantitative estimate of drug-likeness (QED) is 0.429. The van der Waals surface area contributed by atoms with Crippen molar-refractivity contribution < 1.29 is 18.5 Å². The zero-order valence-electron chi connectivity index (χ0n) is 11.2. The van der Waals surface area contributed by atoms with E-state index in [2.05, 4.69) is 0 Å². The summed E-state index contributed by atoms with van der Waals surface area (Å²) in [7, 11) is 1.06. The zero-order valence-corrected chi connectivity index (χ0v) is 11.0. The summed E-state index contributed by atoms with van der Waals surface area (Å²) in [5.74, 6) is 0. The van der Waals surface area contributed by atoms with Crippen molar-refractivity contribution in [1.82, 2.24) is 4.90 Å². The highest BCUT2D eigenvalue weighted by atomic mass is 32.2. The van der Waals surface area contributed by atoms with Gasteiger partial charge in [0.25, 0.3) is 0 Å². The first kappa shape index (κ1) is 12.8. The molecule has 0 spiro atoms. The standard InChI is InChI=1S/C10H17BNO4S/c1-10(2,3)15-9(14)12-5-8(16-17-11)4-7(12)6-13/h6-8,11H,4-5H2,1-3H3/t7-,8?/m0/s1/i11T. The van der Waals surface area contributed by atoms with E-state index in [1.165, 1.54) is 4.90 Å². The summed E-state index contributed by atoms with van der Waals surface area (Å²) in [5.41, 5.74) is -0.590. The maximum Gasteiger partial charge on any atom is 0.410 e. The van der Waals surface area contributed by atoms with Gasteiger partial charge in [-0.3, -0.25) is 4.90 Å². The van der Waals surface area contributed by atoms with Crippen LogP contribution in [0.3, 0.4) is 0 Å². The molecule has 1 heterocycles. The third-order valence-electron chi connectivity index (χ3n) is 2.28. The van der Waals surface area contributed by atoms with Gasteiger partial charge in [0.15, 0.2) is 0 Å². The largest absolute Gasteiger partial charge is 0.444 e. The van der Waals surface area contributed by atoms with E-state index in [9.17, 15) is 9.59 Å². The predicted molar refractivity (Wildman–Crippen MR) is 67.0 cm³/mol. The fourth-order valence-electron chi connectivity index (χ4n) is 1.63. The molecule has 7 heteroatoms. The Morgan fingerprint density at radius 2 is 2.35 bits per heavy atom. The van der Waals surface area contributed by atoms with E-state index in [-0.39, 0.29) is 6.10 Å². The van der Waals surface area contributed by atoms with Crippen molar-refractivity contribution in [1.29, 1.82) is 1.34 Å². The van der Waals surface area contributed by atoms with Crippen LogP contribution in [-0.4, -0.2) is 50.0 Å². The Hall–Kier alpha value is -0.685. The Morgan fingerprint density at radius 1 is 1.65 bits per heavy atom. The van der Waals surface area contributed by atoms with Gasteiger partial charge in [0.05, 0.1) is 18.7 Å². The monoisotopic (exact) mass is 260 g/mol. The van der Waals surface area contributed by atoms with Crippen molar-refractivity contribution in [3.8, 4) is 0 Å². The molecule has 1 amide bonds. The molecule has 95 valence electrons. The van der Waals surface area contributed by atoms with E-state index >= 15 is 0 Å². The van der Waals surface area contributed by atoms with Gasteiger partial charge in [0.2, 0.25) is 7.09 Å². The average molecular weight is 260 g/mol. The molecular weight excluding hydrogens is 241 g/mol. The number of hydrogen-bond donors (Lipinski definition) is 0. The highest BCUT2D eigenvalue weighted by Gasteiger charge is 2.37. The van der Waals surface area contributed by atoms with Crippen molar-refractivity contribution in [3.05, 3.63) is 0 Å². The summed E-state index contributed by atoms with van der Waals surface area (Å²) < 4.78 is 17.3. The number of likely N-dealkylation sites (tertiary alicyclic amines) is 1. The van der Waals surface area contributed by atoms with Gasteiger partial charge in [-0.25, -0.2) is 4.79 Å². The molecule has 0 aromatic carbocycles. The van der Waals surface area contributed by atoms with Crippen LogP contribution in [0.1, 0.15) is 27.2 Å². The molecule has 1 rings (SSSR count). The van der Waals surface area contributed by atoms with Gasteiger partial charge < -0.3 is 13.7 Å². The van der Waals surface area contributed by atoms with Crippen LogP contribution in [0, 0.1) is 0 Å². The first-order valence-corrected chi connectivity index (χ1v) is 6.15. The predicted octanol–water partition coefficient (Wildman–Crippen LogP) is 1.04. The lowest BCUT2D eigenvalue weighted by atomic mass is 10.2. The SMILES string of the molecule is [3H][B]SOC1C[C@@H](C=O)N(C(=O)OC(C)(C)C)C1. The van der Waals surface area contributed by atoms with Gasteiger partial charge in [-0.15, -0.1) is 0 Å². The Kier molecular flexibility index (Phi) is 4.33. The molecule has 0 saturated carbocycles. The van der Waals surface area contributed by atoms with Gasteiger partial charge in [0, 0.05) is 6.42 Å². The molecule has 1 unspecified atom stereocenters. The van der Waals surface area contributed by atoms with Crippen LogP contribution in [0.2, 0.25) is 0 Å². The minimum atomic E-state index is -0.590. The van der Waals surface area contributed by atoms with Gasteiger partial charge in [-0.2, -0.15) is 0 Å². The molecule has 0 aromatic rings. The average Bonchev–Trinajstić information content (AvgIpc) is 2.67. The second-order valence-electron chi connectivity index (χ2n) is 4.89. The fraction of sp³-hybridized carbons (Fsp3) is 0.800. The third-order valence-corrected chi connectivity index (χ3v) is 2.67. The van der Waals surface area contributed by atoms with Crippen molar-refractivity contribution in [2.75, 3.05) is 6.54 Å². The molecule has 2 atom stereocenters. The van der Waals surface area contributed by atoms with Gasteiger partial charge in [-0.05, 0) is 22.1 Å². The number of amides is 1. The van der Waals surface area contributed by atoms with E-state index in [1.807, 2.05) is 0 Å². The maximum atomic E-state index is 11.9. The number of aldehydes is 1. The van der Waals surface area contributed by atoms with Crippen LogP contribution in [0.25, 0.3) is 0 Å². The Bertz CT molecular complexity index is 313. The van der Waals surface area contributed by atoms with Crippen LogP contribution in [0.4, 0.5) is 4.79 Å². The van der Waals surface area contributed by atoms with Gasteiger partial charge in [-0.1, -0.05) is 11.9 Å². The minimum absolute atomic E-state index is 0.251. The summed E-state index contributed by atoms with van der Waals surface area (Å²) in [6, 6.07) is -0.517. The molecular formula is C10H17BNO4S. The zero-order chi connectivity index (χ0) is 13.8. The van der Waals surface area contributed by atoms with Crippen molar-refractivity contribution in [2.24, 2.45) is 0 Å². The number of nitrogens with zero attached hydrogens (tertiary/aromatic N) is 1. The molecule has 0 aromatic heterocycles. The fourth-order valence-corrected chi connectivity index (χ4v) is 1.93. The highest BCUT2D eigenvalue weighted by Crippen LogP contribution is 2.23. The van der Waals surface area contributed by atoms with Gasteiger partial charge in [0.1, 0.15) is 11.9 Å². The van der Waals surface area contributed by atoms with E-state index in [0.29, 0.717) is 13.0 Å². The summed E-state index contributed by atoms with van der Waals surface area (Å²) in [6.07, 6.45) is 0.399. The molecule has 0 aliphatic carbocycles. The lowest BCUT2D eigenvalue weighted by Crippen LogP contribution is -2.40. The number of carbonyl (C=O) groups excluding carboxylic acids is 2. The van der Waals surface area contributed by atoms with Crippen molar-refractivity contribution in [2.45, 2.75) is 44.9 Å². The molecule has 1 saturated heterocycles. The number of ether oxygens (including phenoxy) is 1. The smallest absolute Gasteiger partial charge is 0.410 e. The minimum Gasteiger partial charge on any atom is -0.444 e. The summed E-state index contributed by atoms with van der Waals surface area (Å²) >= 11 is 0.892. The maximum absolute atomic E-state index is 11.9. The van der Waals surface area contributed by atoms with Crippen LogP contribution >= 0.6 is 11.9 Å². The molecule has 0 N–H and O–H groups in total. The van der Waals surface area contributed by atoms with Gasteiger partial charge >= 0.3 is 6.09 Å². The molecule has 0 bridgehead atoms. The number of rotatable bonds is 4. The van der Waals surface area contributed by atoms with Crippen LogP contribution < -0.4 is 0 Å². The van der Waals surface area contributed by atoms with E-state index in [0.717, 1.165) is 25.3 Å². The number of hydrogen-bond acceptors (Lipinski definition) is 5. The van der Waals surface area contributed by atoms with Crippen LogP contribution in [0.15, 0.2) is 0 Å². The van der Waals surface area contributed by atoms with E-state index in [4.69, 9.17) is 10.3 Å². The van der Waals surface area contributed by atoms with Crippen molar-refractivity contribution >= 4 is 31.4 Å². The summed E-state index contributed by atoms with van der Waals surface area (Å²) in [6.45, 7) is 5.63. The second kappa shape index (κ2) is 5.77. The molecule has 1 fully saturated rings. The van der Waals surface area contributed by atoms with Crippen molar-refractivity contribution in [3.63, 3.8) is 0 Å². The van der Waals surface area contributed by atoms with E-state index < -0.39 is 17.7 Å². The lowest BCUT2D eigenvalue weighted by molar-refractivity contribution is -0.111. The Labute approximate surface area is 108 Å². The molecule has 17 heavy (non-hydrogen) atoms. The first-order valence-electron chi connectivity index (χ1n) is 5.92. The Balaban J connectivity index is 2.58. The molecule has 5 nitrogen and oxygen atoms in total. The molecule has 1 radical (unpaired) electrons. The highest BCUT2D eigenvalue weighted by molar-refractivity contribution is 8.15. The Morgan fingerprint density at radius 3 is 2.88 bits per heavy atom. The van der Waals surface area contributed by atoms with Crippen LogP contribution in [-0.2, 0) is 13.7 Å². The normalized spacial score (nSPS) is 25.4. The molecule has 1 aliphatic rings. The summed E-state index contributed by atoms with van der Waals surface area (Å²) in [5, 5.41) is 0. The first-order chi connectivity index (χ1) is 8.37. The lowest BCUT2D eigenvalue weighted by Gasteiger charge is -2.26. The second-order valence-corrected chi connectivity index (χ2v) is 5.27. The topological polar surface area (TPSA) is 55.8 Å². The number of carbonyl (C=O) groups is 2. The third kappa shape index (κ3) is 4.24. The molecule has 1 aliphatic heterocycles.